The van der Waals surface area contributed by atoms with Gasteiger partial charge in [-0.1, -0.05) is 0 Å². The van der Waals surface area contributed by atoms with Gasteiger partial charge in [0.05, 0.1) is 42.9 Å². The minimum Gasteiger partial charge on any atom is -0.377 e. The molecule has 2 aromatic heterocycles. The van der Waals surface area contributed by atoms with E-state index in [1.807, 2.05) is 0 Å². The first-order valence-corrected chi connectivity index (χ1v) is 9.26. The van der Waals surface area contributed by atoms with Gasteiger partial charge in [-0.15, -0.1) is 11.3 Å². The molecule has 1 N–H and O–H groups in total. The molecule has 0 unspecified atom stereocenters. The lowest BCUT2D eigenvalue weighted by molar-refractivity contribution is -0.00443. The number of hydrogen-bond acceptors (Lipinski definition) is 7. The number of nitrogens with zero attached hydrogens (tertiary/aromatic N) is 3. The van der Waals surface area contributed by atoms with Crippen LogP contribution in [0.2, 0.25) is 0 Å². The molecule has 0 spiro atoms. The van der Waals surface area contributed by atoms with Gasteiger partial charge in [-0.2, -0.15) is 5.10 Å². The van der Waals surface area contributed by atoms with Crippen LogP contribution in [0.15, 0.2) is 22.8 Å². The van der Waals surface area contributed by atoms with Crippen LogP contribution in [-0.2, 0) is 14.6 Å². The smallest absolute Gasteiger partial charge is 0.266 e. The molecular weight excluding hydrogens is 328 g/mol. The molecule has 22 heavy (non-hydrogen) atoms. The highest BCUT2D eigenvalue weighted by molar-refractivity contribution is 7.90. The van der Waals surface area contributed by atoms with E-state index in [9.17, 15) is 13.2 Å². The van der Waals surface area contributed by atoms with E-state index in [0.717, 1.165) is 6.26 Å². The van der Waals surface area contributed by atoms with Gasteiger partial charge in [-0.25, -0.2) is 8.42 Å². The van der Waals surface area contributed by atoms with Crippen LogP contribution in [0.25, 0.3) is 0 Å². The van der Waals surface area contributed by atoms with Gasteiger partial charge in [0.15, 0.2) is 9.84 Å². The predicted molar refractivity (Wildman–Crippen MR) is 78.4 cm³/mol. The molecule has 10 heteroatoms. The SMILES string of the molecule is CS(=O)(=O)c1cn[nH]c1[C@@H]1COCCN1C(=O)c1cncs1. The minimum absolute atomic E-state index is 0.0881. The van der Waals surface area contributed by atoms with Crippen LogP contribution in [0.3, 0.4) is 0 Å². The van der Waals surface area contributed by atoms with Crippen LogP contribution >= 0.6 is 11.3 Å². The highest BCUT2D eigenvalue weighted by atomic mass is 32.2. The number of ether oxygens (including phenoxy) is 1. The first-order chi connectivity index (χ1) is 10.5. The second-order valence-electron chi connectivity index (χ2n) is 4.88. The van der Waals surface area contributed by atoms with Crippen molar-refractivity contribution in [2.24, 2.45) is 0 Å². The normalized spacial score (nSPS) is 19.3. The number of hydrogen-bond donors (Lipinski definition) is 1. The maximum absolute atomic E-state index is 12.6. The van der Waals surface area contributed by atoms with Gasteiger partial charge in [-0.3, -0.25) is 14.9 Å². The van der Waals surface area contributed by atoms with Crippen molar-refractivity contribution in [3.63, 3.8) is 0 Å². The van der Waals surface area contributed by atoms with Crippen molar-refractivity contribution >= 4 is 27.1 Å². The highest BCUT2D eigenvalue weighted by Gasteiger charge is 2.34. The number of H-pyrrole nitrogens is 1. The summed E-state index contributed by atoms with van der Waals surface area (Å²) in [7, 11) is -3.44. The van der Waals surface area contributed by atoms with Crippen LogP contribution in [-0.4, -0.2) is 60.4 Å². The lowest BCUT2D eigenvalue weighted by Crippen LogP contribution is -2.43. The van der Waals surface area contributed by atoms with E-state index in [1.165, 1.54) is 23.7 Å². The number of amides is 1. The van der Waals surface area contributed by atoms with Gasteiger partial charge in [0.2, 0.25) is 0 Å². The largest absolute Gasteiger partial charge is 0.377 e. The third kappa shape index (κ3) is 2.76. The Balaban J connectivity index is 1.97. The van der Waals surface area contributed by atoms with E-state index in [2.05, 4.69) is 15.2 Å². The Labute approximate surface area is 131 Å². The van der Waals surface area contributed by atoms with Crippen LogP contribution in [0.4, 0.5) is 0 Å². The summed E-state index contributed by atoms with van der Waals surface area (Å²) in [6, 6.07) is -0.518. The molecule has 2 aromatic rings. The van der Waals surface area contributed by atoms with E-state index < -0.39 is 15.9 Å². The van der Waals surface area contributed by atoms with Gasteiger partial charge >= 0.3 is 0 Å². The summed E-state index contributed by atoms with van der Waals surface area (Å²) in [5.74, 6) is -0.190. The molecule has 0 aliphatic carbocycles. The summed E-state index contributed by atoms with van der Waals surface area (Å²) in [6.07, 6.45) is 3.87. The molecule has 3 heterocycles. The fraction of sp³-hybridized carbons (Fsp3) is 0.417. The predicted octanol–water partition coefficient (Wildman–Crippen LogP) is 0.483. The first-order valence-electron chi connectivity index (χ1n) is 6.49. The Hall–Kier alpha value is -1.78. The maximum atomic E-state index is 12.6. The molecule has 0 radical (unpaired) electrons. The molecule has 8 nitrogen and oxygen atoms in total. The van der Waals surface area contributed by atoms with Crippen LogP contribution < -0.4 is 0 Å². The molecule has 1 saturated heterocycles. The van der Waals surface area contributed by atoms with Crippen molar-refractivity contribution in [2.45, 2.75) is 10.9 Å². The van der Waals surface area contributed by atoms with E-state index in [4.69, 9.17) is 4.74 Å². The van der Waals surface area contributed by atoms with Crippen LogP contribution in [0.5, 0.6) is 0 Å². The number of carbonyl (C=O) groups is 1. The molecule has 118 valence electrons. The molecule has 1 amide bonds. The fourth-order valence-electron chi connectivity index (χ4n) is 2.37. The van der Waals surface area contributed by atoms with Crippen molar-refractivity contribution in [1.29, 1.82) is 0 Å². The Kier molecular flexibility index (Phi) is 3.98. The number of thiazole rings is 1. The van der Waals surface area contributed by atoms with E-state index in [-0.39, 0.29) is 17.4 Å². The number of aromatic amines is 1. The van der Waals surface area contributed by atoms with Crippen molar-refractivity contribution in [2.75, 3.05) is 26.0 Å². The Morgan fingerprint density at radius 3 is 3.00 bits per heavy atom. The summed E-state index contributed by atoms with van der Waals surface area (Å²) in [4.78, 5) is 18.7. The van der Waals surface area contributed by atoms with Gasteiger partial charge in [0.1, 0.15) is 9.77 Å². The topological polar surface area (TPSA) is 105 Å². The van der Waals surface area contributed by atoms with Crippen molar-refractivity contribution in [3.05, 3.63) is 28.5 Å². The average molecular weight is 342 g/mol. The quantitative estimate of drug-likeness (QED) is 0.870. The molecular formula is C12H14N4O4S2. The second-order valence-corrected chi connectivity index (χ2v) is 7.75. The average Bonchev–Trinajstić information content (AvgIpc) is 3.17. The Morgan fingerprint density at radius 1 is 1.50 bits per heavy atom. The van der Waals surface area contributed by atoms with Crippen molar-refractivity contribution < 1.29 is 17.9 Å². The molecule has 0 saturated carbocycles. The standard InChI is InChI=1S/C12H14N4O4S2/c1-22(18,19)10-5-14-15-11(10)8-6-20-3-2-16(8)12(17)9-4-13-7-21-9/h4-5,7-8H,2-3,6H2,1H3,(H,14,15)/t8-/m0/s1. The van der Waals surface area contributed by atoms with Gasteiger partial charge in [0, 0.05) is 12.8 Å². The third-order valence-corrected chi connectivity index (χ3v) is 5.28. The molecule has 1 aliphatic heterocycles. The van der Waals surface area contributed by atoms with Crippen molar-refractivity contribution in [1.82, 2.24) is 20.1 Å². The molecule has 1 atom stereocenters. The van der Waals surface area contributed by atoms with Crippen LogP contribution in [0.1, 0.15) is 21.4 Å². The van der Waals surface area contributed by atoms with Gasteiger partial charge < -0.3 is 9.64 Å². The lowest BCUT2D eigenvalue weighted by Gasteiger charge is -2.35. The zero-order chi connectivity index (χ0) is 15.7. The number of aromatic nitrogens is 3. The summed E-state index contributed by atoms with van der Waals surface area (Å²) in [5, 5.41) is 6.51. The zero-order valence-corrected chi connectivity index (χ0v) is 13.4. The highest BCUT2D eigenvalue weighted by Crippen LogP contribution is 2.29. The summed E-state index contributed by atoms with van der Waals surface area (Å²) in [6.45, 7) is 1.00. The first kappa shape index (κ1) is 15.1. The third-order valence-electron chi connectivity index (χ3n) is 3.40. The van der Waals surface area contributed by atoms with E-state index in [1.54, 1.807) is 10.4 Å². The number of sulfone groups is 1. The Bertz CT molecular complexity index is 769. The monoisotopic (exact) mass is 342 g/mol. The second kappa shape index (κ2) is 5.78. The fourth-order valence-corrected chi connectivity index (χ4v) is 3.77. The molecule has 0 aromatic carbocycles. The number of morpholine rings is 1. The summed E-state index contributed by atoms with van der Waals surface area (Å²) < 4.78 is 29.1. The van der Waals surface area contributed by atoms with Crippen LogP contribution in [0, 0.1) is 0 Å². The zero-order valence-electron chi connectivity index (χ0n) is 11.7. The number of nitrogens with one attached hydrogen (secondary N) is 1. The van der Waals surface area contributed by atoms with Crippen molar-refractivity contribution in [3.8, 4) is 0 Å². The number of rotatable bonds is 3. The molecule has 0 bridgehead atoms. The molecule has 1 fully saturated rings. The molecule has 1 aliphatic rings. The van der Waals surface area contributed by atoms with Gasteiger partial charge in [0.25, 0.3) is 5.91 Å². The number of carbonyl (C=O) groups excluding carboxylic acids is 1. The lowest BCUT2D eigenvalue weighted by atomic mass is 10.1. The maximum Gasteiger partial charge on any atom is 0.266 e. The summed E-state index contributed by atoms with van der Waals surface area (Å²) in [5.41, 5.74) is 1.96. The molecule has 3 rings (SSSR count). The van der Waals surface area contributed by atoms with Gasteiger partial charge in [-0.05, 0) is 0 Å². The Morgan fingerprint density at radius 2 is 2.32 bits per heavy atom. The van der Waals surface area contributed by atoms with E-state index >= 15 is 0 Å². The minimum atomic E-state index is -3.44. The van der Waals surface area contributed by atoms with E-state index in [0.29, 0.717) is 23.7 Å². The summed E-state index contributed by atoms with van der Waals surface area (Å²) >= 11 is 1.25.